The Hall–Kier alpha value is -3.86. The van der Waals surface area contributed by atoms with E-state index in [2.05, 4.69) is 9.98 Å². The number of aromatic nitrogens is 3. The molecule has 4 heterocycles. The zero-order valence-electron chi connectivity index (χ0n) is 22.7. The molecule has 0 aliphatic carbocycles. The summed E-state index contributed by atoms with van der Waals surface area (Å²) in [7, 11) is 0. The van der Waals surface area contributed by atoms with Crippen molar-refractivity contribution in [3.05, 3.63) is 63.4 Å². The van der Waals surface area contributed by atoms with Crippen LogP contribution in [0.4, 0.5) is 14.6 Å². The van der Waals surface area contributed by atoms with Crippen molar-refractivity contribution in [2.75, 3.05) is 36.2 Å². The minimum Gasteiger partial charge on any atom is -0.350 e. The minimum atomic E-state index is -1.06. The lowest BCUT2D eigenvalue weighted by Crippen LogP contribution is -2.55. The summed E-state index contributed by atoms with van der Waals surface area (Å²) in [4.78, 5) is 43.1. The van der Waals surface area contributed by atoms with E-state index in [0.29, 0.717) is 17.7 Å². The number of allylic oxidation sites excluding steroid dienone is 2. The Labute approximate surface area is 235 Å². The number of carbonyl (C=O) groups excluding carboxylic acids is 1. The highest BCUT2D eigenvalue weighted by Crippen LogP contribution is 2.35. The monoisotopic (exact) mass is 569 g/mol. The third-order valence-electron chi connectivity index (χ3n) is 7.25. The number of hydrogen-bond acceptors (Lipinski definition) is 7. The first-order valence-corrected chi connectivity index (χ1v) is 13.5. The van der Waals surface area contributed by atoms with E-state index in [1.54, 1.807) is 41.6 Å². The van der Waals surface area contributed by atoms with Crippen LogP contribution in [0.3, 0.4) is 0 Å². The number of anilines is 1. The van der Waals surface area contributed by atoms with Crippen LogP contribution in [-0.4, -0.2) is 70.2 Å². The minimum absolute atomic E-state index is 0.0287. The number of benzene rings is 1. The molecule has 2 aliphatic heterocycles. The molecular formula is C28H30ClF2N7O2. The molecule has 0 N–H and O–H groups in total. The molecule has 1 unspecified atom stereocenters. The molecule has 0 saturated carbocycles. The highest BCUT2D eigenvalue weighted by atomic mass is 35.5. The molecule has 5 rings (SSSR count). The quantitative estimate of drug-likeness (QED) is 0.458. The number of hydrogen-bond donors (Lipinski definition) is 0. The van der Waals surface area contributed by atoms with Gasteiger partial charge in [-0.2, -0.15) is 9.66 Å². The van der Waals surface area contributed by atoms with Crippen LogP contribution in [0.25, 0.3) is 22.3 Å². The van der Waals surface area contributed by atoms with Gasteiger partial charge >= 0.3 is 5.69 Å². The highest BCUT2D eigenvalue weighted by molar-refractivity contribution is 6.33. The van der Waals surface area contributed by atoms with Crippen molar-refractivity contribution in [1.82, 2.24) is 19.5 Å². The maximum absolute atomic E-state index is 14.9. The Balaban J connectivity index is 1.76. The van der Waals surface area contributed by atoms with Crippen LogP contribution in [0, 0.1) is 11.7 Å². The number of pyridine rings is 1. The summed E-state index contributed by atoms with van der Waals surface area (Å²) in [5, 5.41) is 2.42. The zero-order valence-corrected chi connectivity index (χ0v) is 23.4. The number of fused-ring (bicyclic) bond motifs is 1. The van der Waals surface area contributed by atoms with Crippen LogP contribution < -0.4 is 15.6 Å². The van der Waals surface area contributed by atoms with Crippen molar-refractivity contribution in [1.29, 1.82) is 0 Å². The van der Waals surface area contributed by atoms with Crippen molar-refractivity contribution in [2.24, 2.45) is 10.9 Å². The number of alkyl halides is 1. The van der Waals surface area contributed by atoms with Crippen molar-refractivity contribution >= 4 is 40.6 Å². The van der Waals surface area contributed by atoms with Gasteiger partial charge in [-0.25, -0.2) is 18.6 Å². The fraction of sp³-hybridized carbons (Fsp3) is 0.393. The topological polar surface area (TPSA) is 86.9 Å². The average Bonchev–Trinajstić information content (AvgIpc) is 2.93. The Bertz CT molecular complexity index is 1590. The molecule has 1 amide bonds. The standard InChI is InChI=1S/C28H30ClF2N7O2/c1-16(2)25-32-10-9-17(3)37(25)38-27-20(13-21(29)24(33-27)19-7-5-6-8-22(19)31)26(34-28(38)40)36-12-11-35(15-18(36)4)23(39)14-30/h5-10,13,16,18,25H,11-12,14-15H2,1-4H3/t18?,25-/m0/s1. The molecule has 0 radical (unpaired) electrons. The van der Waals surface area contributed by atoms with Crippen LogP contribution >= 0.6 is 11.6 Å². The van der Waals surface area contributed by atoms with E-state index < -0.39 is 30.3 Å². The van der Waals surface area contributed by atoms with Gasteiger partial charge in [0.05, 0.1) is 16.1 Å². The highest BCUT2D eigenvalue weighted by Gasteiger charge is 2.33. The molecule has 2 aliphatic rings. The molecule has 0 bridgehead atoms. The summed E-state index contributed by atoms with van der Waals surface area (Å²) < 4.78 is 29.3. The summed E-state index contributed by atoms with van der Waals surface area (Å²) in [6.07, 6.45) is 3.09. The van der Waals surface area contributed by atoms with Gasteiger partial charge in [-0.3, -0.25) is 14.8 Å². The van der Waals surface area contributed by atoms with E-state index in [0.717, 1.165) is 5.70 Å². The first-order valence-electron chi connectivity index (χ1n) is 13.1. The van der Waals surface area contributed by atoms with Crippen LogP contribution in [0.2, 0.25) is 5.02 Å². The van der Waals surface area contributed by atoms with Crippen molar-refractivity contribution in [2.45, 2.75) is 39.9 Å². The Morgan fingerprint density at radius 1 is 1.20 bits per heavy atom. The van der Waals surface area contributed by atoms with Gasteiger partial charge in [0.2, 0.25) is 0 Å². The fourth-order valence-corrected chi connectivity index (χ4v) is 5.50. The Kier molecular flexibility index (Phi) is 7.59. The number of aliphatic imine (C=N–C) groups is 1. The van der Waals surface area contributed by atoms with E-state index >= 15 is 0 Å². The van der Waals surface area contributed by atoms with Crippen LogP contribution in [-0.2, 0) is 4.79 Å². The van der Waals surface area contributed by atoms with Gasteiger partial charge in [0.1, 0.15) is 17.8 Å². The SMILES string of the molecule is CC1=CC=N[C@H](C(C)C)N1n1c(=O)nc(N2CCN(C(=O)CF)CC2C)c2cc(Cl)c(-c3ccccc3F)nc21. The molecule has 2 atom stereocenters. The van der Waals surface area contributed by atoms with E-state index in [4.69, 9.17) is 16.6 Å². The summed E-state index contributed by atoms with van der Waals surface area (Å²) in [6.45, 7) is 7.53. The summed E-state index contributed by atoms with van der Waals surface area (Å²) in [5.74, 6) is -0.707. The summed E-state index contributed by atoms with van der Waals surface area (Å²) >= 11 is 6.72. The molecule has 1 aromatic carbocycles. The molecule has 1 fully saturated rings. The number of nitrogens with zero attached hydrogens (tertiary/aromatic N) is 7. The van der Waals surface area contributed by atoms with Gasteiger partial charge in [-0.15, -0.1) is 0 Å². The molecule has 40 heavy (non-hydrogen) atoms. The van der Waals surface area contributed by atoms with Gasteiger partial charge in [0, 0.05) is 43.2 Å². The lowest BCUT2D eigenvalue weighted by Gasteiger charge is -2.41. The maximum atomic E-state index is 14.9. The van der Waals surface area contributed by atoms with Gasteiger partial charge in [-0.05, 0) is 44.0 Å². The van der Waals surface area contributed by atoms with Crippen LogP contribution in [0.15, 0.2) is 51.9 Å². The average molecular weight is 570 g/mol. The lowest BCUT2D eigenvalue weighted by atomic mass is 10.1. The summed E-state index contributed by atoms with van der Waals surface area (Å²) in [5.41, 5.74) is 0.780. The molecule has 2 aromatic heterocycles. The Morgan fingerprint density at radius 2 is 1.95 bits per heavy atom. The van der Waals surface area contributed by atoms with Gasteiger partial charge in [0.15, 0.2) is 12.3 Å². The second kappa shape index (κ2) is 11.0. The molecule has 9 nitrogen and oxygen atoms in total. The molecule has 0 spiro atoms. The number of amides is 1. The predicted octanol–water partition coefficient (Wildman–Crippen LogP) is 4.17. The normalized spacial score (nSPS) is 19.5. The number of piperazine rings is 1. The third-order valence-corrected chi connectivity index (χ3v) is 7.54. The lowest BCUT2D eigenvalue weighted by molar-refractivity contribution is -0.132. The first-order chi connectivity index (χ1) is 19.1. The first kappa shape index (κ1) is 27.7. The summed E-state index contributed by atoms with van der Waals surface area (Å²) in [6, 6.07) is 7.54. The van der Waals surface area contributed by atoms with Crippen molar-refractivity contribution in [3.8, 4) is 11.3 Å². The number of halogens is 3. The van der Waals surface area contributed by atoms with Crippen molar-refractivity contribution in [3.63, 3.8) is 0 Å². The largest absolute Gasteiger partial charge is 0.370 e. The van der Waals surface area contributed by atoms with E-state index in [1.807, 2.05) is 32.6 Å². The molecule has 210 valence electrons. The number of rotatable bonds is 5. The molecular weight excluding hydrogens is 540 g/mol. The van der Waals surface area contributed by atoms with Gasteiger partial charge in [0.25, 0.3) is 5.91 Å². The van der Waals surface area contributed by atoms with E-state index in [-0.39, 0.29) is 47.0 Å². The van der Waals surface area contributed by atoms with Crippen molar-refractivity contribution < 1.29 is 13.6 Å². The van der Waals surface area contributed by atoms with E-state index in [9.17, 15) is 18.4 Å². The smallest absolute Gasteiger partial charge is 0.350 e. The van der Waals surface area contributed by atoms with Gasteiger partial charge < -0.3 is 9.80 Å². The van der Waals surface area contributed by atoms with E-state index in [1.165, 1.54) is 15.6 Å². The Morgan fingerprint density at radius 3 is 2.62 bits per heavy atom. The maximum Gasteiger partial charge on any atom is 0.370 e. The molecule has 3 aromatic rings. The number of carbonyl (C=O) groups is 1. The molecule has 12 heteroatoms. The van der Waals surface area contributed by atoms with Crippen LogP contribution in [0.5, 0.6) is 0 Å². The fourth-order valence-electron chi connectivity index (χ4n) is 5.25. The van der Waals surface area contributed by atoms with Crippen LogP contribution in [0.1, 0.15) is 27.7 Å². The second-order valence-electron chi connectivity index (χ2n) is 10.3. The van der Waals surface area contributed by atoms with Gasteiger partial charge in [-0.1, -0.05) is 37.6 Å². The molecule has 1 saturated heterocycles. The third kappa shape index (κ3) is 4.83. The second-order valence-corrected chi connectivity index (χ2v) is 10.7. The predicted molar refractivity (Wildman–Crippen MR) is 153 cm³/mol. The zero-order chi connectivity index (χ0) is 28.7.